The van der Waals surface area contributed by atoms with E-state index in [0.717, 1.165) is 17.0 Å². The van der Waals surface area contributed by atoms with Crippen molar-refractivity contribution in [2.75, 3.05) is 7.05 Å². The number of halogens is 7. The number of rotatable bonds is 4. The number of aliphatic hydroxyl groups excluding tert-OH is 1. The van der Waals surface area contributed by atoms with Gasteiger partial charge in [-0.05, 0) is 38.5 Å². The van der Waals surface area contributed by atoms with Crippen LogP contribution in [0.25, 0.3) is 0 Å². The molecule has 15 heteroatoms. The topological polar surface area (TPSA) is 133 Å². The van der Waals surface area contributed by atoms with Gasteiger partial charge in [0, 0.05) is 19.0 Å². The molecule has 0 bridgehead atoms. The van der Waals surface area contributed by atoms with E-state index in [2.05, 4.69) is 4.99 Å². The fourth-order valence-electron chi connectivity index (χ4n) is 3.11. The Morgan fingerprint density at radius 3 is 2.06 bits per heavy atom. The zero-order chi connectivity index (χ0) is 27.7. The SMILES string of the molecule is CN1C(=O)C(C)(C)[C@@](C)(c2cc(CC(=O)C(O)C(F)(F)F)ccc2F)N=C1N.O=C(O)C(F)(F)F. The molecule has 0 saturated carbocycles. The van der Waals surface area contributed by atoms with Gasteiger partial charge in [-0.1, -0.05) is 6.07 Å². The van der Waals surface area contributed by atoms with Crippen LogP contribution in [0.15, 0.2) is 23.2 Å². The number of amides is 1. The van der Waals surface area contributed by atoms with Crippen LogP contribution in [0.5, 0.6) is 0 Å². The number of Topliss-reactive ketones (excluding diaryl/α,β-unsaturated/α-hetero) is 1. The predicted molar refractivity (Wildman–Crippen MR) is 106 cm³/mol. The molecule has 2 rings (SSSR count). The van der Waals surface area contributed by atoms with Gasteiger partial charge in [-0.25, -0.2) is 14.2 Å². The minimum atomic E-state index is -5.09. The Labute approximate surface area is 194 Å². The summed E-state index contributed by atoms with van der Waals surface area (Å²) in [6.45, 7) is 4.58. The Morgan fingerprint density at radius 2 is 1.63 bits per heavy atom. The molecule has 1 heterocycles. The summed E-state index contributed by atoms with van der Waals surface area (Å²) in [7, 11) is 1.42. The number of nitrogens with zero attached hydrogens (tertiary/aromatic N) is 2. The lowest BCUT2D eigenvalue weighted by atomic mass is 9.67. The van der Waals surface area contributed by atoms with Gasteiger partial charge < -0.3 is 15.9 Å². The van der Waals surface area contributed by atoms with Gasteiger partial charge in [-0.15, -0.1) is 0 Å². The molecule has 0 aliphatic carbocycles. The maximum absolute atomic E-state index is 14.6. The Morgan fingerprint density at radius 1 is 1.14 bits per heavy atom. The second-order valence-electron chi connectivity index (χ2n) is 8.24. The van der Waals surface area contributed by atoms with E-state index in [1.54, 1.807) is 13.8 Å². The Hall–Kier alpha value is -3.23. The van der Waals surface area contributed by atoms with Gasteiger partial charge in [-0.2, -0.15) is 26.3 Å². The van der Waals surface area contributed by atoms with Crippen molar-refractivity contribution in [3.05, 3.63) is 35.1 Å². The van der Waals surface area contributed by atoms with Crippen LogP contribution in [0, 0.1) is 11.2 Å². The summed E-state index contributed by atoms with van der Waals surface area (Å²) >= 11 is 0. The van der Waals surface area contributed by atoms with Crippen LogP contribution < -0.4 is 5.73 Å². The third kappa shape index (κ3) is 6.26. The highest BCUT2D eigenvalue weighted by molar-refractivity contribution is 6.01. The molecule has 0 saturated heterocycles. The lowest BCUT2D eigenvalue weighted by molar-refractivity contribution is -0.203. The second-order valence-corrected chi connectivity index (χ2v) is 8.24. The average molecular weight is 517 g/mol. The highest BCUT2D eigenvalue weighted by Gasteiger charge is 2.54. The van der Waals surface area contributed by atoms with Crippen molar-refractivity contribution in [3.8, 4) is 0 Å². The van der Waals surface area contributed by atoms with Crippen LogP contribution in [-0.2, 0) is 26.3 Å². The maximum atomic E-state index is 14.6. The van der Waals surface area contributed by atoms with Crippen molar-refractivity contribution in [2.45, 2.75) is 51.2 Å². The number of hydrogen-bond donors (Lipinski definition) is 3. The molecule has 1 aromatic carbocycles. The number of carbonyl (C=O) groups excluding carboxylic acids is 2. The molecule has 1 aliphatic heterocycles. The summed E-state index contributed by atoms with van der Waals surface area (Å²) in [5, 5.41) is 16.2. The molecule has 1 aromatic rings. The van der Waals surface area contributed by atoms with Crippen LogP contribution in [0.3, 0.4) is 0 Å². The van der Waals surface area contributed by atoms with Crippen molar-refractivity contribution in [1.82, 2.24) is 4.90 Å². The van der Waals surface area contributed by atoms with Crippen LogP contribution in [0.4, 0.5) is 30.7 Å². The number of guanidine groups is 1. The summed E-state index contributed by atoms with van der Waals surface area (Å²) in [5.74, 6) is -5.54. The molecule has 0 spiro atoms. The van der Waals surface area contributed by atoms with E-state index < -0.39 is 59.3 Å². The van der Waals surface area contributed by atoms with E-state index in [-0.39, 0.29) is 17.1 Å². The first-order valence-electron chi connectivity index (χ1n) is 9.57. The van der Waals surface area contributed by atoms with E-state index in [9.17, 15) is 40.3 Å². The first-order chi connectivity index (χ1) is 15.6. The molecule has 0 radical (unpaired) electrons. The van der Waals surface area contributed by atoms with Gasteiger partial charge in [0.05, 0.1) is 5.41 Å². The third-order valence-corrected chi connectivity index (χ3v) is 5.53. The Kier molecular flexibility index (Phi) is 8.34. The molecule has 196 valence electrons. The molecule has 1 unspecified atom stereocenters. The number of carboxylic acids is 1. The zero-order valence-corrected chi connectivity index (χ0v) is 18.8. The van der Waals surface area contributed by atoms with Crippen molar-refractivity contribution in [3.63, 3.8) is 0 Å². The maximum Gasteiger partial charge on any atom is 0.490 e. The summed E-state index contributed by atoms with van der Waals surface area (Å²) in [6, 6.07) is 3.29. The number of aliphatic imine (C=N–C) groups is 1. The third-order valence-electron chi connectivity index (χ3n) is 5.53. The lowest BCUT2D eigenvalue weighted by Crippen LogP contribution is -2.58. The molecule has 2 atom stereocenters. The van der Waals surface area contributed by atoms with Gasteiger partial charge in [-0.3, -0.25) is 14.5 Å². The van der Waals surface area contributed by atoms with Crippen LogP contribution in [0.1, 0.15) is 31.9 Å². The molecule has 4 N–H and O–H groups in total. The van der Waals surface area contributed by atoms with Gasteiger partial charge >= 0.3 is 18.3 Å². The summed E-state index contributed by atoms with van der Waals surface area (Å²) in [4.78, 5) is 38.7. The smallest absolute Gasteiger partial charge is 0.475 e. The number of aliphatic carboxylic acids is 1. The van der Waals surface area contributed by atoms with E-state index in [1.807, 2.05) is 0 Å². The molecule has 1 amide bonds. The van der Waals surface area contributed by atoms with Gasteiger partial charge in [0.15, 0.2) is 11.7 Å². The zero-order valence-electron chi connectivity index (χ0n) is 18.8. The molecular weight excluding hydrogens is 495 g/mol. The molecule has 1 aliphatic rings. The van der Waals surface area contributed by atoms with E-state index in [0.29, 0.717) is 0 Å². The fourth-order valence-corrected chi connectivity index (χ4v) is 3.11. The molecule has 0 fully saturated rings. The van der Waals surface area contributed by atoms with E-state index >= 15 is 0 Å². The number of aliphatic hydroxyl groups is 1. The van der Waals surface area contributed by atoms with Crippen molar-refractivity contribution < 1.29 is 55.3 Å². The molecule has 8 nitrogen and oxygen atoms in total. The van der Waals surface area contributed by atoms with Crippen LogP contribution in [-0.4, -0.2) is 64.2 Å². The number of benzene rings is 1. The Balaban J connectivity index is 0.000000762. The normalized spacial score (nSPS) is 21.0. The minimum Gasteiger partial charge on any atom is -0.475 e. The fraction of sp³-hybridized carbons (Fsp3) is 0.500. The van der Waals surface area contributed by atoms with Crippen molar-refractivity contribution in [2.24, 2.45) is 16.1 Å². The monoisotopic (exact) mass is 517 g/mol. The van der Waals surface area contributed by atoms with Gasteiger partial charge in [0.25, 0.3) is 0 Å². The van der Waals surface area contributed by atoms with E-state index in [1.165, 1.54) is 20.0 Å². The number of nitrogens with two attached hydrogens (primary N) is 1. The summed E-state index contributed by atoms with van der Waals surface area (Å²) in [5.41, 5.74) is 3.03. The van der Waals surface area contributed by atoms with Crippen LogP contribution >= 0.6 is 0 Å². The lowest BCUT2D eigenvalue weighted by Gasteiger charge is -2.46. The highest BCUT2D eigenvalue weighted by Crippen LogP contribution is 2.47. The highest BCUT2D eigenvalue weighted by atomic mass is 19.4. The first-order valence-corrected chi connectivity index (χ1v) is 9.57. The number of hydrogen-bond acceptors (Lipinski definition) is 6. The standard InChI is InChI=1S/C18H21F4N3O3.C2HF3O2/c1-16(2)14(28)25(4)15(23)24-17(16,3)10-7-9(5-6-11(10)19)8-12(26)13(27)18(20,21)22;3-2(4,5)1(6)7/h5-7,13,27H,8H2,1-4H3,(H2,23,24);(H,6,7)/t13?,17-;/m1./s1. The predicted octanol–water partition coefficient (Wildman–Crippen LogP) is 2.52. The second kappa shape index (κ2) is 9.79. The minimum absolute atomic E-state index is 0.0434. The number of alkyl halides is 6. The van der Waals surface area contributed by atoms with Crippen molar-refractivity contribution in [1.29, 1.82) is 0 Å². The number of carboxylic acid groups (broad SMARTS) is 1. The van der Waals surface area contributed by atoms with Gasteiger partial charge in [0.1, 0.15) is 11.4 Å². The average Bonchev–Trinajstić information content (AvgIpc) is 2.71. The summed E-state index contributed by atoms with van der Waals surface area (Å²) < 4.78 is 83.9. The number of ketones is 1. The quantitative estimate of drug-likeness (QED) is 0.526. The Bertz CT molecular complexity index is 1040. The van der Waals surface area contributed by atoms with Crippen LogP contribution in [0.2, 0.25) is 0 Å². The molecule has 0 aromatic heterocycles. The van der Waals surface area contributed by atoms with E-state index in [4.69, 9.17) is 20.7 Å². The number of carbonyl (C=O) groups is 3. The first kappa shape index (κ1) is 29.8. The molecular formula is C20H22F7N3O5. The van der Waals surface area contributed by atoms with Gasteiger partial charge in [0.2, 0.25) is 12.0 Å². The molecule has 35 heavy (non-hydrogen) atoms. The van der Waals surface area contributed by atoms with Crippen molar-refractivity contribution >= 4 is 23.6 Å². The largest absolute Gasteiger partial charge is 0.490 e. The summed E-state index contributed by atoms with van der Waals surface area (Å²) in [6.07, 6.45) is -14.1.